The molecular formula is C13H16BrN3O2S. The summed E-state index contributed by atoms with van der Waals surface area (Å²) in [7, 11) is -3.61. The summed E-state index contributed by atoms with van der Waals surface area (Å²) in [5.74, 6) is 0. The van der Waals surface area contributed by atoms with Crippen molar-refractivity contribution in [2.75, 3.05) is 0 Å². The fourth-order valence-corrected chi connectivity index (χ4v) is 4.34. The summed E-state index contributed by atoms with van der Waals surface area (Å²) in [5, 5.41) is 6.62. The van der Waals surface area contributed by atoms with Crippen molar-refractivity contribution < 1.29 is 8.42 Å². The zero-order valence-corrected chi connectivity index (χ0v) is 13.8. The lowest BCUT2D eigenvalue weighted by Gasteiger charge is -2.16. The first-order chi connectivity index (χ1) is 9.33. The number of hydrogen-bond acceptors (Lipinski definition) is 3. The van der Waals surface area contributed by atoms with Crippen LogP contribution in [0.1, 0.15) is 29.9 Å². The van der Waals surface area contributed by atoms with Gasteiger partial charge in [-0.3, -0.25) is 5.10 Å². The number of nitrogens with one attached hydrogen (secondary N) is 2. The molecule has 2 rings (SSSR count). The van der Waals surface area contributed by atoms with Crippen LogP contribution in [0.5, 0.6) is 0 Å². The molecule has 0 spiro atoms. The van der Waals surface area contributed by atoms with Crippen molar-refractivity contribution in [3.05, 3.63) is 45.7 Å². The van der Waals surface area contributed by atoms with Crippen LogP contribution in [0.25, 0.3) is 0 Å². The van der Waals surface area contributed by atoms with E-state index in [1.165, 1.54) is 0 Å². The Hall–Kier alpha value is -1.18. The number of halogens is 1. The minimum Gasteiger partial charge on any atom is -0.281 e. The van der Waals surface area contributed by atoms with Crippen LogP contribution in [0.4, 0.5) is 0 Å². The highest BCUT2D eigenvalue weighted by Gasteiger charge is 2.25. The molecule has 0 aliphatic rings. The number of rotatable bonds is 4. The fourth-order valence-electron chi connectivity index (χ4n) is 2.12. The standard InChI is InChI=1S/C13H16BrN3O2S/c1-8(11-6-4-5-7-12(11)14)17-20(18,19)13-9(2)15-16-10(13)3/h4-8,17H,1-3H3,(H,15,16). The Bertz CT molecular complexity index is 705. The van der Waals surface area contributed by atoms with Crippen molar-refractivity contribution >= 4 is 26.0 Å². The second-order valence-electron chi connectivity index (χ2n) is 4.63. The molecule has 1 aromatic carbocycles. The number of hydrogen-bond donors (Lipinski definition) is 2. The van der Waals surface area contributed by atoms with Gasteiger partial charge in [0.05, 0.1) is 11.4 Å². The van der Waals surface area contributed by atoms with Gasteiger partial charge in [-0.15, -0.1) is 0 Å². The molecule has 20 heavy (non-hydrogen) atoms. The summed E-state index contributed by atoms with van der Waals surface area (Å²) < 4.78 is 28.4. The van der Waals surface area contributed by atoms with E-state index in [-0.39, 0.29) is 10.9 Å². The normalized spacial score (nSPS) is 13.4. The van der Waals surface area contributed by atoms with Crippen LogP contribution in [-0.4, -0.2) is 18.6 Å². The van der Waals surface area contributed by atoms with Crippen LogP contribution in [0.15, 0.2) is 33.6 Å². The molecule has 0 aliphatic carbocycles. The second-order valence-corrected chi connectivity index (χ2v) is 7.13. The maximum absolute atomic E-state index is 12.4. The van der Waals surface area contributed by atoms with Crippen LogP contribution in [0.3, 0.4) is 0 Å². The Labute approximate surface area is 127 Å². The minimum absolute atomic E-state index is 0.219. The molecule has 0 radical (unpaired) electrons. The molecule has 7 heteroatoms. The molecule has 0 bridgehead atoms. The third kappa shape index (κ3) is 2.94. The van der Waals surface area contributed by atoms with Gasteiger partial charge in [0.15, 0.2) is 0 Å². The molecule has 2 N–H and O–H groups in total. The van der Waals surface area contributed by atoms with E-state index in [1.54, 1.807) is 13.8 Å². The van der Waals surface area contributed by atoms with Crippen LogP contribution in [-0.2, 0) is 10.0 Å². The molecule has 1 heterocycles. The first-order valence-corrected chi connectivity index (χ1v) is 8.39. The third-order valence-corrected chi connectivity index (χ3v) is 5.56. The number of benzene rings is 1. The van der Waals surface area contributed by atoms with Crippen molar-refractivity contribution in [2.24, 2.45) is 0 Å². The first-order valence-electron chi connectivity index (χ1n) is 6.11. The van der Waals surface area contributed by atoms with E-state index in [2.05, 4.69) is 30.8 Å². The molecule has 0 amide bonds. The zero-order chi connectivity index (χ0) is 14.9. The number of H-pyrrole nitrogens is 1. The van der Waals surface area contributed by atoms with Gasteiger partial charge in [-0.25, -0.2) is 13.1 Å². The number of aryl methyl sites for hydroxylation is 2. The summed E-state index contributed by atoms with van der Waals surface area (Å²) in [5.41, 5.74) is 1.89. The van der Waals surface area contributed by atoms with Crippen molar-refractivity contribution in [1.82, 2.24) is 14.9 Å². The van der Waals surface area contributed by atoms with E-state index in [9.17, 15) is 8.42 Å². The predicted molar refractivity (Wildman–Crippen MR) is 80.9 cm³/mol. The number of sulfonamides is 1. The van der Waals surface area contributed by atoms with Crippen LogP contribution in [0, 0.1) is 13.8 Å². The number of aromatic nitrogens is 2. The molecule has 108 valence electrons. The van der Waals surface area contributed by atoms with Gasteiger partial charge in [0, 0.05) is 10.5 Å². The molecule has 1 unspecified atom stereocenters. The lowest BCUT2D eigenvalue weighted by molar-refractivity contribution is 0.565. The summed E-state index contributed by atoms with van der Waals surface area (Å²) in [4.78, 5) is 0.219. The molecule has 0 saturated carbocycles. The summed E-state index contributed by atoms with van der Waals surface area (Å²) in [6.07, 6.45) is 0. The van der Waals surface area contributed by atoms with Crippen LogP contribution >= 0.6 is 15.9 Å². The van der Waals surface area contributed by atoms with Crippen molar-refractivity contribution in [1.29, 1.82) is 0 Å². The molecule has 0 saturated heterocycles. The maximum atomic E-state index is 12.4. The third-order valence-electron chi connectivity index (χ3n) is 3.03. The zero-order valence-electron chi connectivity index (χ0n) is 11.4. The molecular weight excluding hydrogens is 342 g/mol. The van der Waals surface area contributed by atoms with Crippen molar-refractivity contribution in [3.63, 3.8) is 0 Å². The Kier molecular flexibility index (Phi) is 4.31. The average Bonchev–Trinajstić information content (AvgIpc) is 2.69. The summed E-state index contributed by atoms with van der Waals surface area (Å²) >= 11 is 3.43. The van der Waals surface area contributed by atoms with Gasteiger partial charge in [0.2, 0.25) is 10.0 Å². The lowest BCUT2D eigenvalue weighted by Crippen LogP contribution is -2.27. The Morgan fingerprint density at radius 3 is 2.50 bits per heavy atom. The van der Waals surface area contributed by atoms with Gasteiger partial charge in [0.25, 0.3) is 0 Å². The highest BCUT2D eigenvalue weighted by Crippen LogP contribution is 2.25. The highest BCUT2D eigenvalue weighted by atomic mass is 79.9. The van der Waals surface area contributed by atoms with E-state index in [4.69, 9.17) is 0 Å². The topological polar surface area (TPSA) is 74.8 Å². The van der Waals surface area contributed by atoms with Gasteiger partial charge in [0.1, 0.15) is 4.90 Å². The van der Waals surface area contributed by atoms with Crippen molar-refractivity contribution in [2.45, 2.75) is 31.7 Å². The summed E-state index contributed by atoms with van der Waals surface area (Å²) in [6, 6.07) is 7.18. The monoisotopic (exact) mass is 357 g/mol. The Morgan fingerprint density at radius 2 is 1.95 bits per heavy atom. The smallest absolute Gasteiger partial charge is 0.244 e. The van der Waals surface area contributed by atoms with Gasteiger partial charge in [-0.1, -0.05) is 34.1 Å². The van der Waals surface area contributed by atoms with E-state index in [0.29, 0.717) is 11.4 Å². The Morgan fingerprint density at radius 1 is 1.30 bits per heavy atom. The van der Waals surface area contributed by atoms with Gasteiger partial charge < -0.3 is 0 Å². The predicted octanol–water partition coefficient (Wildman–Crippen LogP) is 2.83. The van der Waals surface area contributed by atoms with E-state index >= 15 is 0 Å². The largest absolute Gasteiger partial charge is 0.281 e. The SMILES string of the molecule is Cc1n[nH]c(C)c1S(=O)(=O)NC(C)c1ccccc1Br. The summed E-state index contributed by atoms with van der Waals surface area (Å²) in [6.45, 7) is 5.17. The quantitative estimate of drug-likeness (QED) is 0.883. The van der Waals surface area contributed by atoms with Crippen LogP contribution < -0.4 is 4.72 Å². The first kappa shape index (κ1) is 15.2. The maximum Gasteiger partial charge on any atom is 0.244 e. The fraction of sp³-hybridized carbons (Fsp3) is 0.308. The number of nitrogens with zero attached hydrogens (tertiary/aromatic N) is 1. The minimum atomic E-state index is -3.61. The molecule has 0 aliphatic heterocycles. The van der Waals surface area contributed by atoms with Crippen molar-refractivity contribution in [3.8, 4) is 0 Å². The molecule has 0 fully saturated rings. The number of aromatic amines is 1. The average molecular weight is 358 g/mol. The highest BCUT2D eigenvalue weighted by molar-refractivity contribution is 9.10. The molecule has 1 atom stereocenters. The molecule has 5 nitrogen and oxygen atoms in total. The van der Waals surface area contributed by atoms with Gasteiger partial charge in [-0.2, -0.15) is 5.10 Å². The van der Waals surface area contributed by atoms with Gasteiger partial charge >= 0.3 is 0 Å². The molecule has 1 aromatic heterocycles. The molecule has 2 aromatic rings. The van der Waals surface area contributed by atoms with E-state index < -0.39 is 10.0 Å². The Balaban J connectivity index is 2.32. The second kappa shape index (κ2) is 5.67. The van der Waals surface area contributed by atoms with Crippen LogP contribution in [0.2, 0.25) is 0 Å². The lowest BCUT2D eigenvalue weighted by atomic mass is 10.1. The van der Waals surface area contributed by atoms with E-state index in [0.717, 1.165) is 10.0 Å². The van der Waals surface area contributed by atoms with E-state index in [1.807, 2.05) is 31.2 Å². The van der Waals surface area contributed by atoms with Gasteiger partial charge in [-0.05, 0) is 32.4 Å².